The van der Waals surface area contributed by atoms with E-state index in [1.807, 2.05) is 31.2 Å². The highest BCUT2D eigenvalue weighted by Gasteiger charge is 2.26. The fourth-order valence-corrected chi connectivity index (χ4v) is 3.31. The van der Waals surface area contributed by atoms with Crippen LogP contribution in [0.1, 0.15) is 24.0 Å². The van der Waals surface area contributed by atoms with Gasteiger partial charge >= 0.3 is 0 Å². The molecule has 1 aliphatic rings. The number of anilines is 2. The molecule has 6 heteroatoms. The van der Waals surface area contributed by atoms with Crippen LogP contribution < -0.4 is 10.6 Å². The van der Waals surface area contributed by atoms with Gasteiger partial charge in [0.2, 0.25) is 11.8 Å². The lowest BCUT2D eigenvalue weighted by Crippen LogP contribution is -2.41. The van der Waals surface area contributed by atoms with Gasteiger partial charge in [-0.15, -0.1) is 0 Å². The van der Waals surface area contributed by atoms with Gasteiger partial charge in [-0.2, -0.15) is 0 Å². The van der Waals surface area contributed by atoms with Crippen molar-refractivity contribution in [3.63, 3.8) is 0 Å². The van der Waals surface area contributed by atoms with Gasteiger partial charge in [0.25, 0.3) is 0 Å². The first-order valence-electron chi connectivity index (χ1n) is 9.56. The SMILES string of the molecule is Cc1ccc(NC(=O)CN2CCC(C(=O)Nc3ccc(C)c(F)c3)CC2)cc1. The van der Waals surface area contributed by atoms with Crippen molar-refractivity contribution in [2.75, 3.05) is 30.3 Å². The molecular weight excluding hydrogens is 357 g/mol. The molecule has 2 aromatic carbocycles. The summed E-state index contributed by atoms with van der Waals surface area (Å²) in [5, 5.41) is 5.69. The molecule has 3 rings (SSSR count). The Labute approximate surface area is 164 Å². The smallest absolute Gasteiger partial charge is 0.238 e. The van der Waals surface area contributed by atoms with Gasteiger partial charge in [-0.1, -0.05) is 23.8 Å². The Morgan fingerprint density at radius 1 is 1.00 bits per heavy atom. The molecule has 28 heavy (non-hydrogen) atoms. The van der Waals surface area contributed by atoms with Crippen molar-refractivity contribution >= 4 is 23.2 Å². The maximum absolute atomic E-state index is 13.6. The van der Waals surface area contributed by atoms with Gasteiger partial charge in [0.05, 0.1) is 6.54 Å². The number of carbonyl (C=O) groups is 2. The molecule has 0 radical (unpaired) electrons. The molecular formula is C22H26FN3O2. The summed E-state index contributed by atoms with van der Waals surface area (Å²) in [5.41, 5.74) is 2.96. The van der Waals surface area contributed by atoms with Crippen LogP contribution in [-0.4, -0.2) is 36.3 Å². The molecule has 2 N–H and O–H groups in total. The molecule has 1 heterocycles. The second-order valence-corrected chi connectivity index (χ2v) is 7.42. The van der Waals surface area contributed by atoms with Crippen LogP contribution in [0.15, 0.2) is 42.5 Å². The van der Waals surface area contributed by atoms with Crippen molar-refractivity contribution in [1.82, 2.24) is 4.90 Å². The minimum atomic E-state index is -0.327. The Bertz CT molecular complexity index is 843. The molecule has 0 atom stereocenters. The Kier molecular flexibility index (Phi) is 6.41. The van der Waals surface area contributed by atoms with Gasteiger partial charge < -0.3 is 10.6 Å². The summed E-state index contributed by atoms with van der Waals surface area (Å²) < 4.78 is 13.6. The molecule has 0 aliphatic carbocycles. The van der Waals surface area contributed by atoms with Gasteiger partial charge in [0.15, 0.2) is 0 Å². The van der Waals surface area contributed by atoms with Crippen LogP contribution in [0.4, 0.5) is 15.8 Å². The molecule has 0 aromatic heterocycles. The van der Waals surface area contributed by atoms with Crippen LogP contribution in [0, 0.1) is 25.6 Å². The number of halogens is 1. The average Bonchev–Trinajstić information content (AvgIpc) is 2.67. The first-order valence-corrected chi connectivity index (χ1v) is 9.56. The number of rotatable bonds is 5. The van der Waals surface area contributed by atoms with Gasteiger partial charge in [-0.25, -0.2) is 4.39 Å². The Hall–Kier alpha value is -2.73. The minimum absolute atomic E-state index is 0.0538. The average molecular weight is 383 g/mol. The fourth-order valence-electron chi connectivity index (χ4n) is 3.31. The number of piperidine rings is 1. The predicted molar refractivity (Wildman–Crippen MR) is 109 cm³/mol. The molecule has 0 spiro atoms. The first kappa shape index (κ1) is 20.0. The number of hydrogen-bond acceptors (Lipinski definition) is 3. The highest BCUT2D eigenvalue weighted by Crippen LogP contribution is 2.21. The van der Waals surface area contributed by atoms with E-state index in [9.17, 15) is 14.0 Å². The van der Waals surface area contributed by atoms with E-state index in [2.05, 4.69) is 15.5 Å². The zero-order valence-corrected chi connectivity index (χ0v) is 16.3. The van der Waals surface area contributed by atoms with E-state index >= 15 is 0 Å². The highest BCUT2D eigenvalue weighted by molar-refractivity contribution is 5.93. The van der Waals surface area contributed by atoms with Crippen LogP contribution in [0.5, 0.6) is 0 Å². The lowest BCUT2D eigenvalue weighted by Gasteiger charge is -2.30. The Morgan fingerprint density at radius 3 is 2.29 bits per heavy atom. The third-order valence-corrected chi connectivity index (χ3v) is 5.10. The third-order valence-electron chi connectivity index (χ3n) is 5.10. The molecule has 0 saturated carbocycles. The van der Waals surface area contributed by atoms with E-state index in [-0.39, 0.29) is 23.5 Å². The molecule has 2 amide bonds. The minimum Gasteiger partial charge on any atom is -0.326 e. The first-order chi connectivity index (χ1) is 13.4. The molecule has 1 saturated heterocycles. The third kappa shape index (κ3) is 5.39. The number of hydrogen-bond donors (Lipinski definition) is 2. The summed E-state index contributed by atoms with van der Waals surface area (Å²) in [4.78, 5) is 26.7. The summed E-state index contributed by atoms with van der Waals surface area (Å²) >= 11 is 0. The van der Waals surface area contributed by atoms with Crippen molar-refractivity contribution < 1.29 is 14.0 Å². The van der Waals surface area contributed by atoms with Crippen LogP contribution in [-0.2, 0) is 9.59 Å². The molecule has 2 aromatic rings. The highest BCUT2D eigenvalue weighted by atomic mass is 19.1. The van der Waals surface area contributed by atoms with Crippen molar-refractivity contribution in [3.05, 3.63) is 59.4 Å². The maximum atomic E-state index is 13.6. The maximum Gasteiger partial charge on any atom is 0.238 e. The number of carbonyl (C=O) groups excluding carboxylic acids is 2. The molecule has 1 fully saturated rings. The van der Waals surface area contributed by atoms with Crippen molar-refractivity contribution in [3.8, 4) is 0 Å². The molecule has 0 bridgehead atoms. The van der Waals surface area contributed by atoms with E-state index in [0.717, 1.165) is 11.3 Å². The largest absolute Gasteiger partial charge is 0.326 e. The quantitative estimate of drug-likeness (QED) is 0.827. The van der Waals surface area contributed by atoms with E-state index < -0.39 is 0 Å². The van der Waals surface area contributed by atoms with Gasteiger partial charge in [-0.05, 0) is 69.6 Å². The summed E-state index contributed by atoms with van der Waals surface area (Å²) in [6, 6.07) is 12.4. The number of benzene rings is 2. The van der Waals surface area contributed by atoms with Crippen molar-refractivity contribution in [2.24, 2.45) is 5.92 Å². The van der Waals surface area contributed by atoms with E-state index in [4.69, 9.17) is 0 Å². The van der Waals surface area contributed by atoms with E-state index in [1.165, 1.54) is 6.07 Å². The summed E-state index contributed by atoms with van der Waals surface area (Å²) in [5.74, 6) is -0.595. The number of amides is 2. The van der Waals surface area contributed by atoms with Gasteiger partial charge in [0, 0.05) is 17.3 Å². The van der Waals surface area contributed by atoms with Crippen LogP contribution >= 0.6 is 0 Å². The van der Waals surface area contributed by atoms with Gasteiger partial charge in [-0.3, -0.25) is 14.5 Å². The molecule has 0 unspecified atom stereocenters. The number of nitrogens with zero attached hydrogens (tertiary/aromatic N) is 1. The van der Waals surface area contributed by atoms with E-state index in [0.29, 0.717) is 43.7 Å². The van der Waals surface area contributed by atoms with Crippen molar-refractivity contribution in [2.45, 2.75) is 26.7 Å². The number of likely N-dealkylation sites (tertiary alicyclic amines) is 1. The van der Waals surface area contributed by atoms with Crippen molar-refractivity contribution in [1.29, 1.82) is 0 Å². The summed E-state index contributed by atoms with van der Waals surface area (Å²) in [6.45, 7) is 5.36. The molecule has 148 valence electrons. The zero-order valence-electron chi connectivity index (χ0n) is 16.3. The monoisotopic (exact) mass is 383 g/mol. The molecule has 5 nitrogen and oxygen atoms in total. The van der Waals surface area contributed by atoms with Gasteiger partial charge in [0.1, 0.15) is 5.82 Å². The Morgan fingerprint density at radius 2 is 1.64 bits per heavy atom. The topological polar surface area (TPSA) is 61.4 Å². The second kappa shape index (κ2) is 8.97. The summed E-state index contributed by atoms with van der Waals surface area (Å²) in [7, 11) is 0. The summed E-state index contributed by atoms with van der Waals surface area (Å²) in [6.07, 6.45) is 1.36. The van der Waals surface area contributed by atoms with Crippen LogP contribution in [0.2, 0.25) is 0 Å². The normalized spacial score (nSPS) is 15.2. The fraction of sp³-hybridized carbons (Fsp3) is 0.364. The van der Waals surface area contributed by atoms with E-state index in [1.54, 1.807) is 19.1 Å². The van der Waals surface area contributed by atoms with Crippen LogP contribution in [0.3, 0.4) is 0 Å². The lowest BCUT2D eigenvalue weighted by molar-refractivity contribution is -0.121. The lowest BCUT2D eigenvalue weighted by atomic mass is 9.95. The zero-order chi connectivity index (χ0) is 20.1. The number of aryl methyl sites for hydroxylation is 2. The second-order valence-electron chi connectivity index (χ2n) is 7.42. The number of nitrogens with one attached hydrogen (secondary N) is 2. The predicted octanol–water partition coefficient (Wildman–Crippen LogP) is 3.73. The molecule has 1 aliphatic heterocycles. The Balaban J connectivity index is 1.44. The van der Waals surface area contributed by atoms with Crippen LogP contribution in [0.25, 0.3) is 0 Å². The standard InChI is InChI=1S/C22H26FN3O2/c1-15-3-6-18(7-4-15)24-21(27)14-26-11-9-17(10-12-26)22(28)25-19-8-5-16(2)20(23)13-19/h3-8,13,17H,9-12,14H2,1-2H3,(H,24,27)(H,25,28).